The molecule has 0 aromatic rings. The van der Waals surface area contributed by atoms with E-state index in [1.165, 1.54) is 12.8 Å². The standard InChI is InChI=1S/C12H20N4OS/c13-10(18)5-12(1-2-12)8-15-3-4-16-9(7-15)6-14-11(16)17/h9H,1-8H2,(H2,13,18)(H,14,17). The molecule has 2 aliphatic heterocycles. The molecule has 1 saturated carbocycles. The van der Waals surface area contributed by atoms with Crippen LogP contribution in [0.4, 0.5) is 4.79 Å². The van der Waals surface area contributed by atoms with Gasteiger partial charge >= 0.3 is 6.03 Å². The smallest absolute Gasteiger partial charge is 0.317 e. The Kier molecular flexibility index (Phi) is 2.94. The average Bonchev–Trinajstić information content (AvgIpc) is 2.94. The summed E-state index contributed by atoms with van der Waals surface area (Å²) in [7, 11) is 0. The van der Waals surface area contributed by atoms with E-state index in [1.807, 2.05) is 4.90 Å². The zero-order valence-electron chi connectivity index (χ0n) is 10.5. The number of nitrogens with two attached hydrogens (primary N) is 1. The van der Waals surface area contributed by atoms with E-state index < -0.39 is 0 Å². The van der Waals surface area contributed by atoms with Crippen LogP contribution in [0.1, 0.15) is 19.3 Å². The number of nitrogens with zero attached hydrogens (tertiary/aromatic N) is 2. The van der Waals surface area contributed by atoms with Crippen molar-refractivity contribution in [1.29, 1.82) is 0 Å². The number of rotatable bonds is 4. The Morgan fingerprint density at radius 1 is 1.50 bits per heavy atom. The number of thiocarbonyl (C=S) groups is 1. The van der Waals surface area contributed by atoms with E-state index >= 15 is 0 Å². The molecule has 3 aliphatic rings. The van der Waals surface area contributed by atoms with E-state index in [1.54, 1.807) is 0 Å². The maximum atomic E-state index is 11.5. The summed E-state index contributed by atoms with van der Waals surface area (Å²) in [5, 5.41) is 2.91. The molecular weight excluding hydrogens is 248 g/mol. The number of piperazine rings is 1. The maximum Gasteiger partial charge on any atom is 0.317 e. The third kappa shape index (κ3) is 2.31. The Labute approximate surface area is 113 Å². The summed E-state index contributed by atoms with van der Waals surface area (Å²) < 4.78 is 0. The summed E-state index contributed by atoms with van der Waals surface area (Å²) in [6, 6.07) is 0.454. The van der Waals surface area contributed by atoms with Crippen molar-refractivity contribution in [2.45, 2.75) is 25.3 Å². The summed E-state index contributed by atoms with van der Waals surface area (Å²) in [5.41, 5.74) is 6.03. The lowest BCUT2D eigenvalue weighted by Crippen LogP contribution is -2.53. The molecule has 18 heavy (non-hydrogen) atoms. The van der Waals surface area contributed by atoms with Crippen molar-refractivity contribution in [3.63, 3.8) is 0 Å². The highest BCUT2D eigenvalue weighted by Crippen LogP contribution is 2.49. The average molecular weight is 268 g/mol. The number of amides is 2. The second-order valence-electron chi connectivity index (χ2n) is 5.91. The van der Waals surface area contributed by atoms with Crippen LogP contribution in [0.2, 0.25) is 0 Å². The van der Waals surface area contributed by atoms with Gasteiger partial charge in [0.05, 0.1) is 11.0 Å². The number of carbonyl (C=O) groups excluding carboxylic acids is 1. The SMILES string of the molecule is NC(=S)CC1(CN2CCN3C(=O)NCC3C2)CC1. The minimum atomic E-state index is 0.101. The van der Waals surface area contributed by atoms with E-state index in [4.69, 9.17) is 18.0 Å². The number of fused-ring (bicyclic) bond motifs is 1. The molecule has 0 aromatic heterocycles. The van der Waals surface area contributed by atoms with Gasteiger partial charge in [0.2, 0.25) is 0 Å². The number of carbonyl (C=O) groups is 1. The van der Waals surface area contributed by atoms with Crippen LogP contribution in [0.3, 0.4) is 0 Å². The van der Waals surface area contributed by atoms with Gasteiger partial charge in [-0.3, -0.25) is 4.90 Å². The quantitative estimate of drug-likeness (QED) is 0.713. The topological polar surface area (TPSA) is 61.6 Å². The van der Waals surface area contributed by atoms with Gasteiger partial charge in [0.1, 0.15) is 0 Å². The molecule has 1 unspecified atom stereocenters. The first-order valence-corrected chi connectivity index (χ1v) is 7.04. The normalized spacial score (nSPS) is 29.9. The molecule has 1 aliphatic carbocycles. The van der Waals surface area contributed by atoms with Gasteiger partial charge in [-0.2, -0.15) is 0 Å². The summed E-state index contributed by atoms with van der Waals surface area (Å²) in [6.45, 7) is 4.68. The van der Waals surface area contributed by atoms with Gasteiger partial charge in [0.15, 0.2) is 0 Å². The van der Waals surface area contributed by atoms with Crippen molar-refractivity contribution in [1.82, 2.24) is 15.1 Å². The molecule has 2 heterocycles. The number of hydrogen-bond acceptors (Lipinski definition) is 3. The van der Waals surface area contributed by atoms with Crippen molar-refractivity contribution in [2.75, 3.05) is 32.7 Å². The van der Waals surface area contributed by atoms with E-state index in [-0.39, 0.29) is 6.03 Å². The van der Waals surface area contributed by atoms with Crippen molar-refractivity contribution < 1.29 is 4.79 Å². The fourth-order valence-corrected chi connectivity index (χ4v) is 3.53. The van der Waals surface area contributed by atoms with E-state index in [2.05, 4.69) is 10.2 Å². The van der Waals surface area contributed by atoms with Crippen LogP contribution in [0.5, 0.6) is 0 Å². The minimum absolute atomic E-state index is 0.101. The summed E-state index contributed by atoms with van der Waals surface area (Å²) in [5.74, 6) is 0. The van der Waals surface area contributed by atoms with Crippen molar-refractivity contribution in [3.05, 3.63) is 0 Å². The maximum absolute atomic E-state index is 11.5. The Bertz CT molecular complexity index is 382. The third-order valence-electron chi connectivity index (χ3n) is 4.38. The van der Waals surface area contributed by atoms with Crippen molar-refractivity contribution >= 4 is 23.2 Å². The Morgan fingerprint density at radius 3 is 2.94 bits per heavy atom. The van der Waals surface area contributed by atoms with Gasteiger partial charge in [-0.25, -0.2) is 4.79 Å². The first-order valence-electron chi connectivity index (χ1n) is 6.63. The van der Waals surface area contributed by atoms with Crippen LogP contribution < -0.4 is 11.1 Å². The van der Waals surface area contributed by atoms with Gasteiger partial charge in [-0.15, -0.1) is 0 Å². The molecular formula is C12H20N4OS. The van der Waals surface area contributed by atoms with E-state index in [0.29, 0.717) is 16.4 Å². The summed E-state index contributed by atoms with van der Waals surface area (Å²) in [6.07, 6.45) is 3.36. The molecule has 100 valence electrons. The van der Waals surface area contributed by atoms with Gasteiger partial charge in [-0.05, 0) is 18.3 Å². The molecule has 3 fully saturated rings. The number of nitrogens with one attached hydrogen (secondary N) is 1. The van der Waals surface area contributed by atoms with Crippen molar-refractivity contribution in [3.8, 4) is 0 Å². The van der Waals surface area contributed by atoms with Crippen LogP contribution in [-0.4, -0.2) is 59.6 Å². The van der Waals surface area contributed by atoms with Crippen LogP contribution in [0.15, 0.2) is 0 Å². The van der Waals surface area contributed by atoms with E-state index in [9.17, 15) is 4.79 Å². The zero-order valence-corrected chi connectivity index (χ0v) is 11.3. The molecule has 0 spiro atoms. The Balaban J connectivity index is 1.56. The second kappa shape index (κ2) is 4.35. The highest BCUT2D eigenvalue weighted by atomic mass is 32.1. The van der Waals surface area contributed by atoms with Gasteiger partial charge in [-0.1, -0.05) is 12.2 Å². The molecule has 3 N–H and O–H groups in total. The second-order valence-corrected chi connectivity index (χ2v) is 6.44. The number of urea groups is 1. The summed E-state index contributed by atoms with van der Waals surface area (Å²) >= 11 is 5.04. The molecule has 6 heteroatoms. The first-order chi connectivity index (χ1) is 8.58. The summed E-state index contributed by atoms with van der Waals surface area (Å²) in [4.78, 5) is 16.6. The Hall–Kier alpha value is -0.880. The predicted octanol–water partition coefficient (Wildman–Crippen LogP) is 0.152. The van der Waals surface area contributed by atoms with Crippen LogP contribution in [-0.2, 0) is 0 Å². The van der Waals surface area contributed by atoms with E-state index in [0.717, 1.165) is 39.1 Å². The fourth-order valence-electron chi connectivity index (χ4n) is 3.22. The predicted molar refractivity (Wildman–Crippen MR) is 73.4 cm³/mol. The molecule has 0 aromatic carbocycles. The highest BCUT2D eigenvalue weighted by molar-refractivity contribution is 7.80. The lowest BCUT2D eigenvalue weighted by molar-refractivity contribution is 0.105. The minimum Gasteiger partial charge on any atom is -0.393 e. The van der Waals surface area contributed by atoms with Crippen molar-refractivity contribution in [2.24, 2.45) is 11.1 Å². The molecule has 3 rings (SSSR count). The van der Waals surface area contributed by atoms with Crippen LogP contribution >= 0.6 is 12.2 Å². The lowest BCUT2D eigenvalue weighted by atomic mass is 10.0. The molecule has 2 saturated heterocycles. The zero-order chi connectivity index (χ0) is 12.8. The van der Waals surface area contributed by atoms with Crippen LogP contribution in [0.25, 0.3) is 0 Å². The molecule has 0 radical (unpaired) electrons. The largest absolute Gasteiger partial charge is 0.393 e. The lowest BCUT2D eigenvalue weighted by Gasteiger charge is -2.38. The third-order valence-corrected chi connectivity index (χ3v) is 4.53. The first kappa shape index (κ1) is 12.2. The molecule has 5 nitrogen and oxygen atoms in total. The van der Waals surface area contributed by atoms with Gasteiger partial charge in [0.25, 0.3) is 0 Å². The monoisotopic (exact) mass is 268 g/mol. The fraction of sp³-hybridized carbons (Fsp3) is 0.833. The number of hydrogen-bond donors (Lipinski definition) is 2. The molecule has 2 amide bonds. The van der Waals surface area contributed by atoms with Gasteiger partial charge < -0.3 is 16.0 Å². The Morgan fingerprint density at radius 2 is 2.28 bits per heavy atom. The molecule has 1 atom stereocenters. The molecule has 0 bridgehead atoms. The van der Waals surface area contributed by atoms with Gasteiger partial charge in [0, 0.05) is 39.1 Å². The van der Waals surface area contributed by atoms with Crippen LogP contribution in [0, 0.1) is 5.41 Å². The highest BCUT2D eigenvalue weighted by Gasteiger charge is 2.45.